The highest BCUT2D eigenvalue weighted by molar-refractivity contribution is 7.72. The van der Waals surface area contributed by atoms with Crippen molar-refractivity contribution in [2.75, 3.05) is 12.4 Å². The maximum atomic E-state index is 10.5. The molecule has 0 spiro atoms. The highest BCUT2D eigenvalue weighted by Crippen LogP contribution is 2.16. The van der Waals surface area contributed by atoms with Crippen molar-refractivity contribution >= 4 is 10.7 Å². The van der Waals surface area contributed by atoms with E-state index in [9.17, 15) is 8.42 Å². The monoisotopic (exact) mass is 189 g/mol. The second kappa shape index (κ2) is 4.62. The Morgan fingerprint density at radius 2 is 2.25 bits per heavy atom. The summed E-state index contributed by atoms with van der Waals surface area (Å²) < 4.78 is 21.0. The van der Waals surface area contributed by atoms with E-state index in [4.69, 9.17) is 0 Å². The summed E-state index contributed by atoms with van der Waals surface area (Å²) >= 11 is 0. The van der Waals surface area contributed by atoms with E-state index in [1.54, 1.807) is 0 Å². The average molecular weight is 189 g/mol. The molecule has 1 saturated heterocycles. The lowest BCUT2D eigenvalue weighted by molar-refractivity contribution is 0.210. The van der Waals surface area contributed by atoms with Gasteiger partial charge in [0.05, 0.1) is 5.88 Å². The van der Waals surface area contributed by atoms with Crippen molar-refractivity contribution in [3.63, 3.8) is 0 Å². The predicted molar refractivity (Wildman–Crippen MR) is 49.7 cm³/mol. The van der Waals surface area contributed by atoms with Crippen LogP contribution in [-0.4, -0.2) is 31.8 Å². The molecule has 0 aliphatic carbocycles. The molecule has 0 amide bonds. The van der Waals surface area contributed by atoms with Crippen molar-refractivity contribution in [1.29, 1.82) is 0 Å². The molecule has 0 N–H and O–H groups in total. The fourth-order valence-corrected chi connectivity index (χ4v) is 2.26. The molecular weight excluding hydrogens is 174 g/mol. The topological polar surface area (TPSA) is 37.4 Å². The highest BCUT2D eigenvalue weighted by Gasteiger charge is 2.19. The molecule has 3 nitrogen and oxygen atoms in total. The summed E-state index contributed by atoms with van der Waals surface area (Å²) in [6.45, 7) is 4.59. The van der Waals surface area contributed by atoms with Crippen molar-refractivity contribution in [1.82, 2.24) is 4.90 Å². The lowest BCUT2D eigenvalue weighted by atomic mass is 10.0. The van der Waals surface area contributed by atoms with Gasteiger partial charge in [0.25, 0.3) is 0 Å². The summed E-state index contributed by atoms with van der Waals surface area (Å²) in [5.41, 5.74) is 0. The van der Waals surface area contributed by atoms with E-state index in [0.29, 0.717) is 0 Å². The van der Waals surface area contributed by atoms with E-state index in [1.807, 2.05) is 11.0 Å². The number of rotatable bonds is 3. The summed E-state index contributed by atoms with van der Waals surface area (Å²) in [6, 6.07) is 0.270. The molecule has 0 bridgehead atoms. The molecule has 1 fully saturated rings. The van der Waals surface area contributed by atoms with Gasteiger partial charge in [-0.1, -0.05) is 12.5 Å². The van der Waals surface area contributed by atoms with Crippen LogP contribution in [0, 0.1) is 0 Å². The Kier molecular flexibility index (Phi) is 3.75. The SMILES string of the molecule is C=CC1CCCCN1C[SH](=O)=O. The minimum absolute atomic E-state index is 0.187. The first-order chi connectivity index (χ1) is 5.74. The van der Waals surface area contributed by atoms with Crippen LogP contribution in [-0.2, 0) is 10.7 Å². The molecule has 0 aromatic rings. The van der Waals surface area contributed by atoms with Crippen molar-refractivity contribution in [3.8, 4) is 0 Å². The molecule has 1 aliphatic heterocycles. The van der Waals surface area contributed by atoms with Crippen LogP contribution in [0.1, 0.15) is 19.3 Å². The van der Waals surface area contributed by atoms with Crippen LogP contribution in [0.3, 0.4) is 0 Å². The van der Waals surface area contributed by atoms with Gasteiger partial charge in [-0.2, -0.15) is 0 Å². The zero-order valence-corrected chi connectivity index (χ0v) is 8.00. The summed E-state index contributed by atoms with van der Waals surface area (Å²) in [5, 5.41) is 0. The zero-order valence-electron chi connectivity index (χ0n) is 7.11. The first-order valence-electron chi connectivity index (χ1n) is 4.22. The molecule has 0 aromatic carbocycles. The highest BCUT2D eigenvalue weighted by atomic mass is 32.2. The fourth-order valence-electron chi connectivity index (χ4n) is 1.61. The smallest absolute Gasteiger partial charge is 0.153 e. The molecule has 1 unspecified atom stereocenters. The molecule has 1 atom stereocenters. The number of nitrogens with zero attached hydrogens (tertiary/aromatic N) is 1. The molecule has 1 aliphatic rings. The van der Waals surface area contributed by atoms with Gasteiger partial charge in [-0.25, -0.2) is 8.42 Å². The largest absolute Gasteiger partial charge is 0.284 e. The van der Waals surface area contributed by atoms with Gasteiger partial charge < -0.3 is 0 Å². The fraction of sp³-hybridized carbons (Fsp3) is 0.750. The first-order valence-corrected chi connectivity index (χ1v) is 5.58. The third-order valence-corrected chi connectivity index (χ3v) is 2.83. The van der Waals surface area contributed by atoms with Crippen molar-refractivity contribution in [3.05, 3.63) is 12.7 Å². The Balaban J connectivity index is 2.52. The van der Waals surface area contributed by atoms with Gasteiger partial charge in [0.1, 0.15) is 0 Å². The van der Waals surface area contributed by atoms with Crippen molar-refractivity contribution in [2.45, 2.75) is 25.3 Å². The second-order valence-corrected chi connectivity index (χ2v) is 4.03. The summed E-state index contributed by atoms with van der Waals surface area (Å²) in [4.78, 5) is 1.97. The minimum Gasteiger partial charge on any atom is -0.284 e. The van der Waals surface area contributed by atoms with Crippen molar-refractivity contribution < 1.29 is 8.42 Å². The molecular formula is C8H15NO2S. The molecule has 0 radical (unpaired) electrons. The van der Waals surface area contributed by atoms with Gasteiger partial charge in [0, 0.05) is 6.04 Å². The van der Waals surface area contributed by atoms with E-state index >= 15 is 0 Å². The van der Waals surface area contributed by atoms with Crippen LogP contribution in [0.15, 0.2) is 12.7 Å². The Bertz CT molecular complexity index is 217. The maximum absolute atomic E-state index is 10.5. The third kappa shape index (κ3) is 2.60. The van der Waals surface area contributed by atoms with E-state index in [2.05, 4.69) is 6.58 Å². The Morgan fingerprint density at radius 3 is 2.83 bits per heavy atom. The Hall–Kier alpha value is -0.350. The van der Waals surface area contributed by atoms with Gasteiger partial charge in [-0.15, -0.1) is 6.58 Å². The maximum Gasteiger partial charge on any atom is 0.153 e. The van der Waals surface area contributed by atoms with E-state index in [1.165, 1.54) is 6.42 Å². The summed E-state index contributed by atoms with van der Waals surface area (Å²) in [7, 11) is -2.28. The molecule has 1 heterocycles. The van der Waals surface area contributed by atoms with Gasteiger partial charge in [-0.3, -0.25) is 4.90 Å². The van der Waals surface area contributed by atoms with Crippen LogP contribution in [0.2, 0.25) is 0 Å². The van der Waals surface area contributed by atoms with Crippen LogP contribution in [0.25, 0.3) is 0 Å². The molecule has 4 heteroatoms. The Morgan fingerprint density at radius 1 is 1.50 bits per heavy atom. The minimum atomic E-state index is -2.28. The normalized spacial score (nSPS) is 25.9. The van der Waals surface area contributed by atoms with Crippen LogP contribution in [0.4, 0.5) is 0 Å². The molecule has 0 aromatic heterocycles. The lowest BCUT2D eigenvalue weighted by Gasteiger charge is -2.31. The van der Waals surface area contributed by atoms with E-state index in [0.717, 1.165) is 19.4 Å². The number of hydrogen-bond acceptors (Lipinski definition) is 3. The Labute approximate surface area is 75.0 Å². The first kappa shape index (κ1) is 9.74. The predicted octanol–water partition coefficient (Wildman–Crippen LogP) is 0.596. The number of thiol groups is 1. The van der Waals surface area contributed by atoms with E-state index < -0.39 is 10.7 Å². The number of likely N-dealkylation sites (tertiary alicyclic amines) is 1. The quantitative estimate of drug-likeness (QED) is 0.522. The van der Waals surface area contributed by atoms with E-state index in [-0.39, 0.29) is 11.9 Å². The van der Waals surface area contributed by atoms with Crippen LogP contribution >= 0.6 is 0 Å². The average Bonchev–Trinajstić information content (AvgIpc) is 2.04. The van der Waals surface area contributed by atoms with Crippen molar-refractivity contribution in [2.24, 2.45) is 0 Å². The van der Waals surface area contributed by atoms with Gasteiger partial charge in [0.2, 0.25) is 0 Å². The van der Waals surface area contributed by atoms with Crippen LogP contribution in [0.5, 0.6) is 0 Å². The molecule has 1 rings (SSSR count). The van der Waals surface area contributed by atoms with Crippen LogP contribution < -0.4 is 0 Å². The number of hydrogen-bond donors (Lipinski definition) is 1. The standard InChI is InChI=1S/C8H15NO2S/c1-2-8-5-3-4-6-9(8)7-12(10)11/h2,8,12H,1,3-7H2. The van der Waals surface area contributed by atoms with Gasteiger partial charge in [-0.05, 0) is 19.4 Å². The number of piperidine rings is 1. The summed E-state index contributed by atoms with van der Waals surface area (Å²) in [5.74, 6) is 0.187. The molecule has 12 heavy (non-hydrogen) atoms. The van der Waals surface area contributed by atoms with Gasteiger partial charge >= 0.3 is 0 Å². The molecule has 0 saturated carbocycles. The third-order valence-electron chi connectivity index (χ3n) is 2.23. The summed E-state index contributed by atoms with van der Waals surface area (Å²) in [6.07, 6.45) is 5.18. The molecule has 70 valence electrons. The second-order valence-electron chi connectivity index (χ2n) is 3.09. The lowest BCUT2D eigenvalue weighted by Crippen LogP contribution is -2.39. The zero-order chi connectivity index (χ0) is 8.97. The van der Waals surface area contributed by atoms with Gasteiger partial charge in [0.15, 0.2) is 10.7 Å².